The number of carbonyl (C=O) groups is 1. The van der Waals surface area contributed by atoms with Gasteiger partial charge in [-0.15, -0.1) is 5.10 Å². The summed E-state index contributed by atoms with van der Waals surface area (Å²) in [6.07, 6.45) is 2.45. The van der Waals surface area contributed by atoms with E-state index in [2.05, 4.69) is 20.5 Å². The predicted octanol–water partition coefficient (Wildman–Crippen LogP) is 4.01. The number of aromatic amines is 1. The third-order valence-electron chi connectivity index (χ3n) is 5.49. The van der Waals surface area contributed by atoms with E-state index in [1.807, 2.05) is 48.5 Å². The highest BCUT2D eigenvalue weighted by atomic mass is 32.2. The Labute approximate surface area is 197 Å². The topological polar surface area (TPSA) is 98.4 Å². The van der Waals surface area contributed by atoms with Crippen molar-refractivity contribution < 1.29 is 19.0 Å². The third kappa shape index (κ3) is 6.27. The first-order chi connectivity index (χ1) is 16.1. The molecular formula is C24H28N4O4S. The number of H-pyrrole nitrogens is 1. The fourth-order valence-corrected chi connectivity index (χ4v) is 4.65. The number of ether oxygens (including phenoxy) is 3. The number of amides is 1. The molecule has 33 heavy (non-hydrogen) atoms. The van der Waals surface area contributed by atoms with Gasteiger partial charge in [-0.05, 0) is 54.8 Å². The average molecular weight is 469 g/mol. The van der Waals surface area contributed by atoms with Crippen molar-refractivity contribution in [2.24, 2.45) is 0 Å². The summed E-state index contributed by atoms with van der Waals surface area (Å²) in [5.74, 6) is 2.19. The van der Waals surface area contributed by atoms with E-state index in [9.17, 15) is 4.79 Å². The van der Waals surface area contributed by atoms with Crippen molar-refractivity contribution in [3.8, 4) is 22.9 Å². The van der Waals surface area contributed by atoms with Crippen LogP contribution >= 0.6 is 11.8 Å². The lowest BCUT2D eigenvalue weighted by Gasteiger charge is -2.17. The van der Waals surface area contributed by atoms with Gasteiger partial charge in [-0.1, -0.05) is 23.9 Å². The molecule has 4 rings (SSSR count). The number of methoxy groups -OCH3 is 2. The lowest BCUT2D eigenvalue weighted by Crippen LogP contribution is -2.32. The molecule has 1 aliphatic rings. The quantitative estimate of drug-likeness (QED) is 0.434. The molecule has 0 bridgehead atoms. The van der Waals surface area contributed by atoms with Gasteiger partial charge in [-0.2, -0.15) is 0 Å². The Morgan fingerprint density at radius 1 is 1.15 bits per heavy atom. The summed E-state index contributed by atoms with van der Waals surface area (Å²) in [4.78, 5) is 17.3. The van der Waals surface area contributed by atoms with Gasteiger partial charge in [-0.25, -0.2) is 4.98 Å². The Hall–Kier alpha value is -3.04. The number of thioether (sulfide) groups is 1. The first-order valence-corrected chi connectivity index (χ1v) is 11.8. The highest BCUT2D eigenvalue weighted by Gasteiger charge is 2.22. The van der Waals surface area contributed by atoms with Crippen LogP contribution in [0.1, 0.15) is 30.1 Å². The predicted molar refractivity (Wildman–Crippen MR) is 127 cm³/mol. The van der Waals surface area contributed by atoms with Crippen molar-refractivity contribution in [3.05, 3.63) is 54.1 Å². The Balaban J connectivity index is 1.46. The summed E-state index contributed by atoms with van der Waals surface area (Å²) in [6, 6.07) is 15.3. The van der Waals surface area contributed by atoms with Crippen molar-refractivity contribution in [1.82, 2.24) is 20.5 Å². The fourth-order valence-electron chi connectivity index (χ4n) is 3.62. The molecule has 1 aliphatic heterocycles. The van der Waals surface area contributed by atoms with Gasteiger partial charge in [0.15, 0.2) is 5.82 Å². The third-order valence-corrected chi connectivity index (χ3v) is 6.60. The van der Waals surface area contributed by atoms with Crippen LogP contribution in [-0.2, 0) is 9.53 Å². The van der Waals surface area contributed by atoms with E-state index < -0.39 is 0 Å². The molecule has 0 unspecified atom stereocenters. The van der Waals surface area contributed by atoms with Gasteiger partial charge in [0, 0.05) is 30.4 Å². The molecule has 3 aromatic rings. The molecular weight excluding hydrogens is 440 g/mol. The number of carbonyl (C=O) groups excluding carboxylic acids is 1. The summed E-state index contributed by atoms with van der Waals surface area (Å²) >= 11 is 1.45. The lowest BCUT2D eigenvalue weighted by atomic mass is 10.1. The molecule has 0 spiro atoms. The number of nitrogens with zero attached hydrogens (tertiary/aromatic N) is 2. The van der Waals surface area contributed by atoms with E-state index >= 15 is 0 Å². The number of nitrogens with one attached hydrogen (secondary N) is 2. The van der Waals surface area contributed by atoms with Crippen LogP contribution in [0.2, 0.25) is 0 Å². The molecule has 1 saturated heterocycles. The number of hydrogen-bond acceptors (Lipinski definition) is 7. The van der Waals surface area contributed by atoms with E-state index in [1.54, 1.807) is 14.2 Å². The Kier molecular flexibility index (Phi) is 7.85. The summed E-state index contributed by atoms with van der Waals surface area (Å²) in [5.41, 5.74) is 1.91. The maximum absolute atomic E-state index is 12.7. The first kappa shape index (κ1) is 23.1. The van der Waals surface area contributed by atoms with Crippen molar-refractivity contribution >= 4 is 17.7 Å². The molecule has 174 valence electrons. The van der Waals surface area contributed by atoms with Gasteiger partial charge in [0.25, 0.3) is 0 Å². The summed E-state index contributed by atoms with van der Waals surface area (Å²) < 4.78 is 16.1. The monoisotopic (exact) mass is 468 g/mol. The highest BCUT2D eigenvalue weighted by molar-refractivity contribution is 7.99. The molecule has 0 radical (unpaired) electrons. The molecule has 2 aromatic carbocycles. The second-order valence-corrected chi connectivity index (χ2v) is 8.89. The molecule has 2 heterocycles. The minimum atomic E-state index is -0.153. The van der Waals surface area contributed by atoms with Gasteiger partial charge in [0.2, 0.25) is 11.1 Å². The van der Waals surface area contributed by atoms with Gasteiger partial charge >= 0.3 is 0 Å². The van der Waals surface area contributed by atoms with Crippen LogP contribution in [0.3, 0.4) is 0 Å². The van der Waals surface area contributed by atoms with Crippen LogP contribution < -0.4 is 14.8 Å². The zero-order valence-corrected chi connectivity index (χ0v) is 19.6. The molecule has 1 fully saturated rings. The van der Waals surface area contributed by atoms with Crippen LogP contribution in [0.25, 0.3) is 11.4 Å². The van der Waals surface area contributed by atoms with E-state index in [0.29, 0.717) is 23.9 Å². The number of aromatic nitrogens is 3. The molecule has 0 saturated carbocycles. The number of hydrogen-bond donors (Lipinski definition) is 2. The molecule has 0 aliphatic carbocycles. The van der Waals surface area contributed by atoms with E-state index in [4.69, 9.17) is 14.2 Å². The average Bonchev–Trinajstić information content (AvgIpc) is 3.55. The van der Waals surface area contributed by atoms with E-state index in [-0.39, 0.29) is 17.3 Å². The van der Waals surface area contributed by atoms with Crippen molar-refractivity contribution in [2.45, 2.75) is 35.8 Å². The van der Waals surface area contributed by atoms with Crippen molar-refractivity contribution in [2.75, 3.05) is 27.4 Å². The zero-order chi connectivity index (χ0) is 23.0. The standard InChI is InChI=1S/C24H28N4O4S/c1-30-18-9-5-16(6-10-18)21(14-22(29)25-15-20-4-3-13-32-20)33-24-26-23(27-28-24)17-7-11-19(31-2)12-8-17/h5-12,20-21H,3-4,13-15H2,1-2H3,(H,25,29)(H,26,27,28)/t20-,21-/m1/s1. The molecule has 8 nitrogen and oxygen atoms in total. The number of benzene rings is 2. The molecule has 2 atom stereocenters. The SMILES string of the molecule is COc1ccc(-c2nc(S[C@H](CC(=O)NC[C@H]3CCCO3)c3ccc(OC)cc3)n[nH]2)cc1. The summed E-state index contributed by atoms with van der Waals surface area (Å²) in [5, 5.41) is 10.8. The van der Waals surface area contributed by atoms with Gasteiger partial charge in [0.05, 0.1) is 20.3 Å². The second-order valence-electron chi connectivity index (χ2n) is 7.72. The van der Waals surface area contributed by atoms with Gasteiger partial charge in [-0.3, -0.25) is 9.89 Å². The minimum Gasteiger partial charge on any atom is -0.497 e. The van der Waals surface area contributed by atoms with Crippen LogP contribution in [-0.4, -0.2) is 54.6 Å². The maximum atomic E-state index is 12.7. The van der Waals surface area contributed by atoms with E-state index in [0.717, 1.165) is 42.1 Å². The smallest absolute Gasteiger partial charge is 0.221 e. The molecule has 1 amide bonds. The van der Waals surface area contributed by atoms with Crippen LogP contribution in [0.4, 0.5) is 0 Å². The Morgan fingerprint density at radius 2 is 1.85 bits per heavy atom. The summed E-state index contributed by atoms with van der Waals surface area (Å²) in [6.45, 7) is 1.31. The fraction of sp³-hybridized carbons (Fsp3) is 0.375. The van der Waals surface area contributed by atoms with Gasteiger partial charge in [0.1, 0.15) is 11.5 Å². The normalized spacial score (nSPS) is 16.4. The summed E-state index contributed by atoms with van der Waals surface area (Å²) in [7, 11) is 3.27. The minimum absolute atomic E-state index is 0.0234. The Morgan fingerprint density at radius 3 is 2.48 bits per heavy atom. The first-order valence-electron chi connectivity index (χ1n) is 10.9. The second kappa shape index (κ2) is 11.2. The molecule has 2 N–H and O–H groups in total. The largest absolute Gasteiger partial charge is 0.497 e. The van der Waals surface area contributed by atoms with Crippen LogP contribution in [0.15, 0.2) is 53.7 Å². The van der Waals surface area contributed by atoms with E-state index in [1.165, 1.54) is 11.8 Å². The zero-order valence-electron chi connectivity index (χ0n) is 18.7. The van der Waals surface area contributed by atoms with Crippen LogP contribution in [0, 0.1) is 0 Å². The van der Waals surface area contributed by atoms with Crippen LogP contribution in [0.5, 0.6) is 11.5 Å². The molecule has 1 aromatic heterocycles. The Bertz CT molecular complexity index is 1030. The number of rotatable bonds is 10. The maximum Gasteiger partial charge on any atom is 0.221 e. The molecule has 9 heteroatoms. The lowest BCUT2D eigenvalue weighted by molar-refractivity contribution is -0.121. The van der Waals surface area contributed by atoms with Crippen molar-refractivity contribution in [3.63, 3.8) is 0 Å². The highest BCUT2D eigenvalue weighted by Crippen LogP contribution is 2.37. The van der Waals surface area contributed by atoms with Gasteiger partial charge < -0.3 is 19.5 Å². The van der Waals surface area contributed by atoms with Crippen molar-refractivity contribution in [1.29, 1.82) is 0 Å².